The summed E-state index contributed by atoms with van der Waals surface area (Å²) in [5.74, 6) is -1.07. The molecule has 0 fully saturated rings. The second-order valence-electron chi connectivity index (χ2n) is 7.93. The van der Waals surface area contributed by atoms with Crippen LogP contribution in [0.25, 0.3) is 10.2 Å². The molecule has 2 aliphatic rings. The number of aliphatic carboxylic acids is 1. The molecule has 4 aromatic rings. The molecule has 7 nitrogen and oxygen atoms in total. The van der Waals surface area contributed by atoms with E-state index in [2.05, 4.69) is 4.98 Å². The third kappa shape index (κ3) is 3.14. The summed E-state index contributed by atoms with van der Waals surface area (Å²) in [5.41, 5.74) is 4.65. The summed E-state index contributed by atoms with van der Waals surface area (Å²) in [7, 11) is 0. The lowest BCUT2D eigenvalue weighted by Gasteiger charge is -2.41. The summed E-state index contributed by atoms with van der Waals surface area (Å²) >= 11 is 1.51. The Balaban J connectivity index is 1.59. The molecule has 1 aromatic heterocycles. The van der Waals surface area contributed by atoms with Crippen molar-refractivity contribution in [3.05, 3.63) is 82.9 Å². The number of anilines is 1. The molecule has 164 valence electrons. The number of aromatic nitrogens is 1. The molecular weight excluding hydrogens is 440 g/mol. The fraction of sp³-hybridized carbons (Fsp3) is 0.160. The molecule has 0 aliphatic carbocycles. The molecule has 8 heteroatoms. The van der Waals surface area contributed by atoms with E-state index in [0.29, 0.717) is 47.1 Å². The number of hydrogen-bond acceptors (Lipinski definition) is 6. The third-order valence-electron chi connectivity index (χ3n) is 6.10. The van der Waals surface area contributed by atoms with Crippen LogP contribution < -0.4 is 14.4 Å². The van der Waals surface area contributed by atoms with E-state index < -0.39 is 17.9 Å². The maximum atomic E-state index is 13.8. The van der Waals surface area contributed by atoms with Crippen molar-refractivity contribution in [3.63, 3.8) is 0 Å². The summed E-state index contributed by atoms with van der Waals surface area (Å²) in [6.45, 7) is 0.870. The average molecular weight is 458 g/mol. The van der Waals surface area contributed by atoms with Crippen LogP contribution in [0, 0.1) is 0 Å². The molecule has 0 radical (unpaired) electrons. The van der Waals surface area contributed by atoms with E-state index in [1.54, 1.807) is 46.8 Å². The van der Waals surface area contributed by atoms with Gasteiger partial charge in [0.05, 0.1) is 21.8 Å². The number of thiazole rings is 1. The monoisotopic (exact) mass is 458 g/mol. The lowest BCUT2D eigenvalue weighted by molar-refractivity contribution is -0.139. The van der Waals surface area contributed by atoms with E-state index >= 15 is 0 Å². The molecule has 0 bridgehead atoms. The number of carboxylic acids is 1. The molecule has 6 rings (SSSR count). The summed E-state index contributed by atoms with van der Waals surface area (Å²) in [6.07, 6.45) is 0. The van der Waals surface area contributed by atoms with Gasteiger partial charge in [-0.15, -0.1) is 11.3 Å². The number of rotatable bonds is 3. The zero-order valence-corrected chi connectivity index (χ0v) is 18.1. The zero-order valence-electron chi connectivity index (χ0n) is 17.3. The maximum Gasteiger partial charge on any atom is 0.313 e. The number of amides is 1. The first-order valence-corrected chi connectivity index (χ1v) is 11.4. The van der Waals surface area contributed by atoms with Gasteiger partial charge in [0.15, 0.2) is 11.5 Å². The lowest BCUT2D eigenvalue weighted by Crippen LogP contribution is -2.45. The van der Waals surface area contributed by atoms with E-state index in [-0.39, 0.29) is 5.91 Å². The van der Waals surface area contributed by atoms with Gasteiger partial charge in [-0.1, -0.05) is 24.3 Å². The van der Waals surface area contributed by atoms with Crippen molar-refractivity contribution >= 4 is 39.1 Å². The van der Waals surface area contributed by atoms with Crippen molar-refractivity contribution in [2.45, 2.75) is 12.0 Å². The Labute approximate surface area is 192 Å². The van der Waals surface area contributed by atoms with Gasteiger partial charge in [-0.25, -0.2) is 4.98 Å². The number of carboxylic acid groups (broad SMARTS) is 1. The van der Waals surface area contributed by atoms with Gasteiger partial charge in [-0.3, -0.25) is 14.5 Å². The highest BCUT2D eigenvalue weighted by molar-refractivity contribution is 7.16. The van der Waals surface area contributed by atoms with Gasteiger partial charge in [0, 0.05) is 11.3 Å². The van der Waals surface area contributed by atoms with Gasteiger partial charge < -0.3 is 14.6 Å². The topological polar surface area (TPSA) is 89.0 Å². The van der Waals surface area contributed by atoms with Crippen LogP contribution in [0.1, 0.15) is 33.4 Å². The molecule has 3 aromatic carbocycles. The van der Waals surface area contributed by atoms with Gasteiger partial charge in [-0.2, -0.15) is 0 Å². The fourth-order valence-corrected chi connectivity index (χ4v) is 5.32. The van der Waals surface area contributed by atoms with Gasteiger partial charge >= 0.3 is 5.97 Å². The summed E-state index contributed by atoms with van der Waals surface area (Å²) < 4.78 is 12.4. The van der Waals surface area contributed by atoms with Crippen molar-refractivity contribution in [2.75, 3.05) is 18.1 Å². The van der Waals surface area contributed by atoms with Crippen molar-refractivity contribution in [1.82, 2.24) is 4.98 Å². The van der Waals surface area contributed by atoms with E-state index in [1.165, 1.54) is 11.3 Å². The van der Waals surface area contributed by atoms with Crippen LogP contribution in [0.3, 0.4) is 0 Å². The highest BCUT2D eigenvalue weighted by Crippen LogP contribution is 2.47. The number of carbonyl (C=O) groups excluding carboxylic acids is 1. The molecule has 0 saturated carbocycles. The second-order valence-corrected chi connectivity index (χ2v) is 8.82. The Bertz CT molecular complexity index is 1410. The van der Waals surface area contributed by atoms with Gasteiger partial charge in [0.2, 0.25) is 0 Å². The number of ether oxygens (including phenoxy) is 2. The Morgan fingerprint density at radius 1 is 1.03 bits per heavy atom. The fourth-order valence-electron chi connectivity index (χ4n) is 4.67. The molecule has 0 saturated heterocycles. The Morgan fingerprint density at radius 2 is 1.85 bits per heavy atom. The van der Waals surface area contributed by atoms with Crippen LogP contribution in [0.4, 0.5) is 5.69 Å². The second kappa shape index (κ2) is 7.60. The largest absolute Gasteiger partial charge is 0.486 e. The number of fused-ring (bicyclic) bond motifs is 3. The van der Waals surface area contributed by atoms with Crippen molar-refractivity contribution in [2.24, 2.45) is 0 Å². The SMILES string of the molecule is O=C(O)C1c2ccccc2C(=O)N(c2ccc3scnc3c2)C1c1ccc2c(c1)OCCO2. The highest BCUT2D eigenvalue weighted by Gasteiger charge is 2.45. The molecule has 1 amide bonds. The van der Waals surface area contributed by atoms with Crippen LogP contribution >= 0.6 is 11.3 Å². The molecule has 33 heavy (non-hydrogen) atoms. The number of benzene rings is 3. The molecule has 2 aliphatic heterocycles. The smallest absolute Gasteiger partial charge is 0.313 e. The zero-order chi connectivity index (χ0) is 22.5. The number of carbonyl (C=O) groups is 2. The Morgan fingerprint density at radius 3 is 2.70 bits per heavy atom. The third-order valence-corrected chi connectivity index (χ3v) is 6.91. The van der Waals surface area contributed by atoms with Crippen LogP contribution in [-0.2, 0) is 4.79 Å². The van der Waals surface area contributed by atoms with Crippen LogP contribution in [-0.4, -0.2) is 35.2 Å². The van der Waals surface area contributed by atoms with Crippen LogP contribution in [0.2, 0.25) is 0 Å². The average Bonchev–Trinajstić information content (AvgIpc) is 3.31. The van der Waals surface area contributed by atoms with Crippen molar-refractivity contribution < 1.29 is 24.2 Å². The first kappa shape index (κ1) is 19.8. The first-order valence-electron chi connectivity index (χ1n) is 10.5. The summed E-state index contributed by atoms with van der Waals surface area (Å²) in [6, 6.07) is 17.1. The van der Waals surface area contributed by atoms with Crippen molar-refractivity contribution in [3.8, 4) is 11.5 Å². The lowest BCUT2D eigenvalue weighted by atomic mass is 9.79. The van der Waals surface area contributed by atoms with Crippen LogP contribution in [0.15, 0.2) is 66.2 Å². The molecule has 0 spiro atoms. The Hall–Kier alpha value is -3.91. The highest BCUT2D eigenvalue weighted by atomic mass is 32.1. The minimum Gasteiger partial charge on any atom is -0.486 e. The van der Waals surface area contributed by atoms with Crippen molar-refractivity contribution in [1.29, 1.82) is 0 Å². The number of hydrogen-bond donors (Lipinski definition) is 1. The molecular formula is C25H18N2O5S. The molecule has 2 unspecified atom stereocenters. The molecule has 3 heterocycles. The van der Waals surface area contributed by atoms with Gasteiger partial charge in [0.1, 0.15) is 19.1 Å². The predicted molar refractivity (Wildman–Crippen MR) is 123 cm³/mol. The van der Waals surface area contributed by atoms with Gasteiger partial charge in [0.25, 0.3) is 5.91 Å². The predicted octanol–water partition coefficient (Wildman–Crippen LogP) is 4.64. The van der Waals surface area contributed by atoms with Crippen LogP contribution in [0.5, 0.6) is 11.5 Å². The van der Waals surface area contributed by atoms with E-state index in [4.69, 9.17) is 9.47 Å². The van der Waals surface area contributed by atoms with E-state index in [9.17, 15) is 14.7 Å². The minimum atomic E-state index is -1.01. The normalized spacial score (nSPS) is 19.4. The quantitative estimate of drug-likeness (QED) is 0.481. The Kier molecular flexibility index (Phi) is 4.55. The first-order chi connectivity index (χ1) is 16.1. The van der Waals surface area contributed by atoms with E-state index in [1.807, 2.05) is 24.3 Å². The molecule has 2 atom stereocenters. The summed E-state index contributed by atoms with van der Waals surface area (Å²) in [5, 5.41) is 10.3. The van der Waals surface area contributed by atoms with E-state index in [0.717, 1.165) is 10.2 Å². The maximum absolute atomic E-state index is 13.8. The minimum absolute atomic E-state index is 0.252. The molecule has 1 N–H and O–H groups in total. The standard InChI is InChI=1S/C25H18N2O5S/c28-24-17-4-2-1-3-16(17)22(25(29)30)23(14-5-7-19-20(11-14)32-10-9-31-19)27(24)15-6-8-21-18(12-15)26-13-33-21/h1-8,11-13,22-23H,9-10H2,(H,29,30). The summed E-state index contributed by atoms with van der Waals surface area (Å²) in [4.78, 5) is 32.4. The van der Waals surface area contributed by atoms with Gasteiger partial charge in [-0.05, 0) is 47.5 Å². The number of nitrogens with zero attached hydrogens (tertiary/aromatic N) is 2.